The second-order valence-corrected chi connectivity index (χ2v) is 7.64. The van der Waals surface area contributed by atoms with E-state index in [4.69, 9.17) is 0 Å². The Kier molecular flexibility index (Phi) is 4.43. The summed E-state index contributed by atoms with van der Waals surface area (Å²) in [6, 6.07) is 0. The number of aliphatic hydroxyl groups is 1. The standard InChI is InChI=1S/C12H22O5S/c1-8(2)12(14,11(13)17-3)9-6-5-7-10(9)18(4,15)16/h8-10,14H,5-7H2,1-4H3. The fraction of sp³-hybridized carbons (Fsp3) is 0.917. The van der Waals surface area contributed by atoms with Crippen LogP contribution in [0.1, 0.15) is 33.1 Å². The van der Waals surface area contributed by atoms with Gasteiger partial charge in [-0.3, -0.25) is 0 Å². The molecule has 0 heterocycles. The van der Waals surface area contributed by atoms with Crippen molar-refractivity contribution in [3.8, 4) is 0 Å². The van der Waals surface area contributed by atoms with Gasteiger partial charge in [-0.05, 0) is 18.8 Å². The van der Waals surface area contributed by atoms with E-state index in [1.54, 1.807) is 13.8 Å². The van der Waals surface area contributed by atoms with Crippen molar-refractivity contribution in [3.63, 3.8) is 0 Å². The molecule has 0 aromatic heterocycles. The van der Waals surface area contributed by atoms with Gasteiger partial charge in [0.15, 0.2) is 15.4 Å². The smallest absolute Gasteiger partial charge is 0.338 e. The molecular weight excluding hydrogens is 256 g/mol. The summed E-state index contributed by atoms with van der Waals surface area (Å²) >= 11 is 0. The van der Waals surface area contributed by atoms with E-state index in [0.29, 0.717) is 19.3 Å². The Bertz CT molecular complexity index is 414. The third-order valence-electron chi connectivity index (χ3n) is 3.96. The summed E-state index contributed by atoms with van der Waals surface area (Å²) in [5.74, 6) is -1.71. The van der Waals surface area contributed by atoms with Gasteiger partial charge < -0.3 is 9.84 Å². The molecule has 1 saturated carbocycles. The molecule has 1 fully saturated rings. The van der Waals surface area contributed by atoms with Crippen LogP contribution in [-0.2, 0) is 19.4 Å². The van der Waals surface area contributed by atoms with Crippen LogP contribution in [0.3, 0.4) is 0 Å². The Morgan fingerprint density at radius 3 is 2.33 bits per heavy atom. The van der Waals surface area contributed by atoms with Crippen molar-refractivity contribution in [2.45, 2.75) is 44.0 Å². The fourth-order valence-corrected chi connectivity index (χ4v) is 4.46. The van der Waals surface area contributed by atoms with E-state index in [0.717, 1.165) is 6.26 Å². The molecule has 5 nitrogen and oxygen atoms in total. The molecule has 0 amide bonds. The molecule has 0 aromatic rings. The average molecular weight is 278 g/mol. The number of carbonyl (C=O) groups excluding carboxylic acids is 1. The quantitative estimate of drug-likeness (QED) is 0.768. The lowest BCUT2D eigenvalue weighted by atomic mass is 9.77. The predicted octanol–water partition coefficient (Wildman–Crippen LogP) is 0.760. The van der Waals surface area contributed by atoms with Crippen LogP contribution < -0.4 is 0 Å². The summed E-state index contributed by atoms with van der Waals surface area (Å²) in [5.41, 5.74) is -1.72. The number of hydrogen-bond donors (Lipinski definition) is 1. The fourth-order valence-electron chi connectivity index (χ4n) is 2.92. The molecule has 1 N–H and O–H groups in total. The maximum absolute atomic E-state index is 11.9. The molecule has 0 saturated heterocycles. The molecular formula is C12H22O5S. The highest BCUT2D eigenvalue weighted by Crippen LogP contribution is 2.42. The van der Waals surface area contributed by atoms with Gasteiger partial charge in [-0.1, -0.05) is 20.3 Å². The van der Waals surface area contributed by atoms with E-state index >= 15 is 0 Å². The first-order chi connectivity index (χ1) is 8.15. The van der Waals surface area contributed by atoms with Crippen LogP contribution in [0.4, 0.5) is 0 Å². The molecule has 6 heteroatoms. The molecule has 0 aromatic carbocycles. The van der Waals surface area contributed by atoms with Gasteiger partial charge in [0, 0.05) is 12.2 Å². The Hall–Kier alpha value is -0.620. The molecule has 18 heavy (non-hydrogen) atoms. The average Bonchev–Trinajstić information content (AvgIpc) is 2.75. The zero-order chi connectivity index (χ0) is 14.1. The van der Waals surface area contributed by atoms with Gasteiger partial charge in [-0.15, -0.1) is 0 Å². The Morgan fingerprint density at radius 2 is 1.94 bits per heavy atom. The Morgan fingerprint density at radius 1 is 1.39 bits per heavy atom. The normalized spacial score (nSPS) is 28.1. The van der Waals surface area contributed by atoms with Crippen molar-refractivity contribution in [2.75, 3.05) is 13.4 Å². The van der Waals surface area contributed by atoms with Crippen LogP contribution in [-0.4, -0.2) is 43.7 Å². The van der Waals surface area contributed by atoms with Crippen LogP contribution in [0, 0.1) is 11.8 Å². The minimum absolute atomic E-state index is 0.391. The van der Waals surface area contributed by atoms with Crippen molar-refractivity contribution < 1.29 is 23.1 Å². The largest absolute Gasteiger partial charge is 0.467 e. The number of sulfone groups is 1. The maximum atomic E-state index is 11.9. The van der Waals surface area contributed by atoms with E-state index in [1.807, 2.05) is 0 Å². The first-order valence-corrected chi connectivity index (χ1v) is 8.10. The van der Waals surface area contributed by atoms with Crippen molar-refractivity contribution in [1.29, 1.82) is 0 Å². The van der Waals surface area contributed by atoms with Gasteiger partial charge >= 0.3 is 5.97 Å². The first-order valence-electron chi connectivity index (χ1n) is 6.15. The number of rotatable bonds is 4. The number of carbonyl (C=O) groups is 1. The minimum atomic E-state index is -3.28. The van der Waals surface area contributed by atoms with Crippen LogP contribution in [0.15, 0.2) is 0 Å². The highest BCUT2D eigenvalue weighted by molar-refractivity contribution is 7.91. The molecule has 3 atom stereocenters. The molecule has 0 bridgehead atoms. The summed E-state index contributed by atoms with van der Waals surface area (Å²) < 4.78 is 28.2. The van der Waals surface area contributed by atoms with Crippen LogP contribution in [0.25, 0.3) is 0 Å². The maximum Gasteiger partial charge on any atom is 0.338 e. The van der Waals surface area contributed by atoms with Gasteiger partial charge in [0.2, 0.25) is 0 Å². The van der Waals surface area contributed by atoms with Gasteiger partial charge in [-0.25, -0.2) is 13.2 Å². The Balaban J connectivity index is 3.18. The van der Waals surface area contributed by atoms with Crippen molar-refractivity contribution >= 4 is 15.8 Å². The highest BCUT2D eigenvalue weighted by atomic mass is 32.2. The highest BCUT2D eigenvalue weighted by Gasteiger charge is 2.54. The SMILES string of the molecule is COC(=O)C(O)(C(C)C)C1CCCC1S(C)(=O)=O. The molecule has 106 valence electrons. The summed E-state index contributed by atoms with van der Waals surface area (Å²) in [6.45, 7) is 3.41. The summed E-state index contributed by atoms with van der Waals surface area (Å²) in [6.07, 6.45) is 2.89. The topological polar surface area (TPSA) is 80.7 Å². The summed E-state index contributed by atoms with van der Waals surface area (Å²) in [4.78, 5) is 11.9. The molecule has 1 aliphatic rings. The monoisotopic (exact) mass is 278 g/mol. The lowest BCUT2D eigenvalue weighted by molar-refractivity contribution is -0.175. The predicted molar refractivity (Wildman–Crippen MR) is 67.8 cm³/mol. The molecule has 1 aliphatic carbocycles. The zero-order valence-electron chi connectivity index (χ0n) is 11.3. The van der Waals surface area contributed by atoms with E-state index in [1.165, 1.54) is 7.11 Å². The van der Waals surface area contributed by atoms with Crippen LogP contribution in [0.2, 0.25) is 0 Å². The van der Waals surface area contributed by atoms with Crippen molar-refractivity contribution in [1.82, 2.24) is 0 Å². The number of methoxy groups -OCH3 is 1. The van der Waals surface area contributed by atoms with E-state index in [2.05, 4.69) is 4.74 Å². The molecule has 0 radical (unpaired) electrons. The van der Waals surface area contributed by atoms with Crippen molar-refractivity contribution in [2.24, 2.45) is 11.8 Å². The second-order valence-electron chi connectivity index (χ2n) is 5.38. The second kappa shape index (κ2) is 5.17. The first kappa shape index (κ1) is 15.4. The Labute approximate surface area is 108 Å². The number of hydrogen-bond acceptors (Lipinski definition) is 5. The van der Waals surface area contributed by atoms with Crippen LogP contribution >= 0.6 is 0 Å². The van der Waals surface area contributed by atoms with Crippen LogP contribution in [0.5, 0.6) is 0 Å². The van der Waals surface area contributed by atoms with Gasteiger partial charge in [0.25, 0.3) is 0 Å². The van der Waals surface area contributed by atoms with E-state index in [9.17, 15) is 18.3 Å². The minimum Gasteiger partial charge on any atom is -0.467 e. The molecule has 0 spiro atoms. The molecule has 3 unspecified atom stereocenters. The lowest BCUT2D eigenvalue weighted by Gasteiger charge is -2.37. The molecule has 1 rings (SSSR count). The number of ether oxygens (including phenoxy) is 1. The van der Waals surface area contributed by atoms with Crippen molar-refractivity contribution in [3.05, 3.63) is 0 Å². The third kappa shape index (κ3) is 2.54. The summed E-state index contributed by atoms with van der Waals surface area (Å²) in [7, 11) is -2.07. The summed E-state index contributed by atoms with van der Waals surface area (Å²) in [5, 5.41) is 9.99. The third-order valence-corrected chi connectivity index (χ3v) is 5.62. The van der Waals surface area contributed by atoms with Gasteiger partial charge in [-0.2, -0.15) is 0 Å². The molecule has 0 aliphatic heterocycles. The van der Waals surface area contributed by atoms with E-state index < -0.39 is 38.5 Å². The van der Waals surface area contributed by atoms with Gasteiger partial charge in [0.05, 0.1) is 12.4 Å². The zero-order valence-corrected chi connectivity index (χ0v) is 12.2. The van der Waals surface area contributed by atoms with E-state index in [-0.39, 0.29) is 0 Å². The van der Waals surface area contributed by atoms with Gasteiger partial charge in [0.1, 0.15) is 0 Å². The number of esters is 1. The lowest BCUT2D eigenvalue weighted by Crippen LogP contribution is -2.54.